The molecule has 0 unspecified atom stereocenters. The lowest BCUT2D eigenvalue weighted by Gasteiger charge is -2.30. The van der Waals surface area contributed by atoms with Gasteiger partial charge in [-0.2, -0.15) is 0 Å². The van der Waals surface area contributed by atoms with Gasteiger partial charge in [-0.25, -0.2) is 9.59 Å². The number of hydrogen-bond donors (Lipinski definition) is 2. The van der Waals surface area contributed by atoms with E-state index in [1.54, 1.807) is 11.8 Å². The smallest absolute Gasteiger partial charge is 0.338 e. The second-order valence-corrected chi connectivity index (χ2v) is 7.93. The molecule has 0 radical (unpaired) electrons. The summed E-state index contributed by atoms with van der Waals surface area (Å²) in [6, 6.07) is 13.3. The van der Waals surface area contributed by atoms with Gasteiger partial charge in [-0.3, -0.25) is 0 Å². The van der Waals surface area contributed by atoms with Crippen molar-refractivity contribution in [3.05, 3.63) is 76.0 Å². The summed E-state index contributed by atoms with van der Waals surface area (Å²) in [6.45, 7) is 5.99. The molecular formula is C22H24N2O3S. The topological polar surface area (TPSA) is 67.4 Å². The number of ether oxygens (including phenoxy) is 1. The number of methoxy groups -OCH3 is 1. The van der Waals surface area contributed by atoms with E-state index >= 15 is 0 Å². The first kappa shape index (κ1) is 20.0. The number of rotatable bonds is 5. The second kappa shape index (κ2) is 8.52. The maximum Gasteiger partial charge on any atom is 0.338 e. The van der Waals surface area contributed by atoms with Gasteiger partial charge in [-0.05, 0) is 44.0 Å². The standard InChI is InChI=1S/C22H24N2O3S/c1-13-6-9-16(10-7-13)28-12-18-19(21(25)27-4)20(24-22(26)23-18)17-11-14(2)5-8-15(17)3/h5-11,20H,12H2,1-4H3,(H2,23,24,26)/t20-/m1/s1. The molecule has 2 amide bonds. The van der Waals surface area contributed by atoms with Gasteiger partial charge in [0.25, 0.3) is 0 Å². The van der Waals surface area contributed by atoms with E-state index in [1.165, 1.54) is 12.7 Å². The molecule has 0 aliphatic carbocycles. The molecule has 0 fully saturated rings. The summed E-state index contributed by atoms with van der Waals surface area (Å²) in [5.74, 6) is 0.0142. The Labute approximate surface area is 169 Å². The van der Waals surface area contributed by atoms with Gasteiger partial charge in [0, 0.05) is 16.3 Å². The molecule has 1 aliphatic rings. The minimum Gasteiger partial charge on any atom is -0.466 e. The first-order chi connectivity index (χ1) is 13.4. The van der Waals surface area contributed by atoms with E-state index in [4.69, 9.17) is 4.74 Å². The number of thioether (sulfide) groups is 1. The normalized spacial score (nSPS) is 16.4. The highest BCUT2D eigenvalue weighted by atomic mass is 32.2. The van der Waals surface area contributed by atoms with Gasteiger partial charge < -0.3 is 15.4 Å². The summed E-state index contributed by atoms with van der Waals surface area (Å²) < 4.78 is 5.05. The third kappa shape index (κ3) is 4.39. The fraction of sp³-hybridized carbons (Fsp3) is 0.273. The Balaban J connectivity index is 2.00. The monoisotopic (exact) mass is 396 g/mol. The SMILES string of the molecule is COC(=O)C1=C(CSc2ccc(C)cc2)NC(=O)N[C@@H]1c1cc(C)ccc1C. The predicted molar refractivity (Wildman–Crippen MR) is 111 cm³/mol. The Morgan fingerprint density at radius 2 is 1.75 bits per heavy atom. The summed E-state index contributed by atoms with van der Waals surface area (Å²) in [6.07, 6.45) is 0. The Morgan fingerprint density at radius 3 is 2.43 bits per heavy atom. The van der Waals surface area contributed by atoms with Gasteiger partial charge in [0.05, 0.1) is 18.7 Å². The van der Waals surface area contributed by atoms with Crippen LogP contribution in [0.1, 0.15) is 28.3 Å². The fourth-order valence-electron chi connectivity index (χ4n) is 3.18. The third-order valence-electron chi connectivity index (χ3n) is 4.71. The molecule has 0 saturated carbocycles. The van der Waals surface area contributed by atoms with Crippen LogP contribution in [0.3, 0.4) is 0 Å². The molecule has 2 N–H and O–H groups in total. The molecule has 0 saturated heterocycles. The Bertz CT molecular complexity index is 935. The molecule has 6 heteroatoms. The minimum atomic E-state index is -0.547. The van der Waals surface area contributed by atoms with E-state index in [1.807, 2.05) is 63.2 Å². The van der Waals surface area contributed by atoms with E-state index < -0.39 is 12.0 Å². The van der Waals surface area contributed by atoms with Crippen molar-refractivity contribution in [2.24, 2.45) is 0 Å². The van der Waals surface area contributed by atoms with Crippen LogP contribution >= 0.6 is 11.8 Å². The van der Waals surface area contributed by atoms with Crippen molar-refractivity contribution in [3.63, 3.8) is 0 Å². The summed E-state index contributed by atoms with van der Waals surface area (Å²) in [7, 11) is 1.36. The van der Waals surface area contributed by atoms with Crippen LogP contribution in [0.15, 0.2) is 58.6 Å². The lowest BCUT2D eigenvalue weighted by Crippen LogP contribution is -2.46. The summed E-state index contributed by atoms with van der Waals surface area (Å²) in [5, 5.41) is 5.69. The highest BCUT2D eigenvalue weighted by Crippen LogP contribution is 2.32. The molecule has 1 atom stereocenters. The van der Waals surface area contributed by atoms with Crippen molar-refractivity contribution in [1.29, 1.82) is 0 Å². The van der Waals surface area contributed by atoms with Crippen molar-refractivity contribution in [3.8, 4) is 0 Å². The van der Waals surface area contributed by atoms with Crippen LogP contribution in [0.25, 0.3) is 0 Å². The van der Waals surface area contributed by atoms with E-state index in [-0.39, 0.29) is 6.03 Å². The zero-order chi connectivity index (χ0) is 20.3. The number of hydrogen-bond acceptors (Lipinski definition) is 4. The Morgan fingerprint density at radius 1 is 1.07 bits per heavy atom. The first-order valence-corrected chi connectivity index (χ1v) is 10.0. The van der Waals surface area contributed by atoms with E-state index in [0.717, 1.165) is 21.6 Å². The van der Waals surface area contributed by atoms with Gasteiger partial charge in [0.1, 0.15) is 0 Å². The molecule has 2 aromatic carbocycles. The molecule has 0 spiro atoms. The molecule has 0 aromatic heterocycles. The summed E-state index contributed by atoms with van der Waals surface area (Å²) in [5.41, 5.74) is 5.16. The lowest BCUT2D eigenvalue weighted by molar-refractivity contribution is -0.136. The lowest BCUT2D eigenvalue weighted by atomic mass is 9.91. The van der Waals surface area contributed by atoms with E-state index in [9.17, 15) is 9.59 Å². The average Bonchev–Trinajstić information content (AvgIpc) is 2.68. The zero-order valence-electron chi connectivity index (χ0n) is 16.5. The van der Waals surface area contributed by atoms with E-state index in [0.29, 0.717) is 17.0 Å². The first-order valence-electron chi connectivity index (χ1n) is 9.04. The number of carbonyl (C=O) groups excluding carboxylic acids is 2. The Hall–Kier alpha value is -2.73. The van der Waals surface area contributed by atoms with Crippen LogP contribution in [0.2, 0.25) is 0 Å². The predicted octanol–water partition coefficient (Wildman–Crippen LogP) is 4.19. The number of amides is 2. The highest BCUT2D eigenvalue weighted by molar-refractivity contribution is 7.99. The molecule has 146 valence electrons. The summed E-state index contributed by atoms with van der Waals surface area (Å²) in [4.78, 5) is 26.1. The number of benzene rings is 2. The Kier molecular flexibility index (Phi) is 6.09. The van der Waals surface area contributed by atoms with Crippen LogP contribution in [0, 0.1) is 20.8 Å². The number of nitrogens with one attached hydrogen (secondary N) is 2. The fourth-order valence-corrected chi connectivity index (χ4v) is 4.04. The number of urea groups is 1. The van der Waals surface area contributed by atoms with Crippen molar-refractivity contribution in [2.45, 2.75) is 31.7 Å². The number of aryl methyl sites for hydroxylation is 3. The minimum absolute atomic E-state index is 0.321. The molecule has 3 rings (SSSR count). The number of esters is 1. The molecule has 5 nitrogen and oxygen atoms in total. The van der Waals surface area contributed by atoms with Crippen molar-refractivity contribution >= 4 is 23.8 Å². The van der Waals surface area contributed by atoms with Gasteiger partial charge in [0.2, 0.25) is 0 Å². The molecule has 2 aromatic rings. The highest BCUT2D eigenvalue weighted by Gasteiger charge is 2.34. The van der Waals surface area contributed by atoms with Crippen molar-refractivity contribution in [1.82, 2.24) is 10.6 Å². The van der Waals surface area contributed by atoms with Crippen molar-refractivity contribution < 1.29 is 14.3 Å². The van der Waals surface area contributed by atoms with Gasteiger partial charge >= 0.3 is 12.0 Å². The maximum absolute atomic E-state index is 12.6. The van der Waals surface area contributed by atoms with Crippen molar-refractivity contribution in [2.75, 3.05) is 12.9 Å². The van der Waals surface area contributed by atoms with E-state index in [2.05, 4.69) is 10.6 Å². The van der Waals surface area contributed by atoms with Crippen LogP contribution < -0.4 is 10.6 Å². The van der Waals surface area contributed by atoms with Gasteiger partial charge in [-0.1, -0.05) is 41.5 Å². The van der Waals surface area contributed by atoms with Crippen LogP contribution in [-0.2, 0) is 9.53 Å². The number of carbonyl (C=O) groups is 2. The zero-order valence-corrected chi connectivity index (χ0v) is 17.3. The maximum atomic E-state index is 12.6. The largest absolute Gasteiger partial charge is 0.466 e. The quantitative estimate of drug-likeness (QED) is 0.588. The van der Waals surface area contributed by atoms with Crippen LogP contribution in [0.5, 0.6) is 0 Å². The molecule has 28 heavy (non-hydrogen) atoms. The van der Waals surface area contributed by atoms with Crippen LogP contribution in [0.4, 0.5) is 4.79 Å². The molecule has 1 heterocycles. The summed E-state index contributed by atoms with van der Waals surface area (Å²) >= 11 is 1.57. The molecule has 0 bridgehead atoms. The van der Waals surface area contributed by atoms with Gasteiger partial charge in [-0.15, -0.1) is 11.8 Å². The molecular weight excluding hydrogens is 372 g/mol. The molecule has 1 aliphatic heterocycles. The van der Waals surface area contributed by atoms with Gasteiger partial charge in [0.15, 0.2) is 0 Å². The second-order valence-electron chi connectivity index (χ2n) is 6.88. The average molecular weight is 397 g/mol. The van der Waals surface area contributed by atoms with Crippen LogP contribution in [-0.4, -0.2) is 24.9 Å². The third-order valence-corrected chi connectivity index (χ3v) is 5.75.